The molecule has 1 atom stereocenters. The zero-order chi connectivity index (χ0) is 18.8. The van der Waals surface area contributed by atoms with Gasteiger partial charge in [-0.15, -0.1) is 0 Å². The second-order valence-electron chi connectivity index (χ2n) is 7.15. The van der Waals surface area contributed by atoms with Crippen LogP contribution in [0.1, 0.15) is 23.3 Å². The summed E-state index contributed by atoms with van der Waals surface area (Å²) >= 11 is 0. The van der Waals surface area contributed by atoms with Crippen molar-refractivity contribution >= 4 is 17.5 Å². The van der Waals surface area contributed by atoms with Crippen molar-refractivity contribution in [1.29, 1.82) is 0 Å². The number of para-hydroxylation sites is 1. The Labute approximate surface area is 159 Å². The van der Waals surface area contributed by atoms with E-state index in [1.54, 1.807) is 24.0 Å². The zero-order valence-electron chi connectivity index (χ0n) is 15.6. The van der Waals surface area contributed by atoms with Crippen molar-refractivity contribution in [3.8, 4) is 0 Å². The highest BCUT2D eigenvalue weighted by Crippen LogP contribution is 2.24. The van der Waals surface area contributed by atoms with Gasteiger partial charge in [-0.25, -0.2) is 0 Å². The maximum Gasteiger partial charge on any atom is 0.272 e. The summed E-state index contributed by atoms with van der Waals surface area (Å²) in [7, 11) is 1.78. The Kier molecular flexibility index (Phi) is 4.94. The molecule has 0 aliphatic carbocycles. The van der Waals surface area contributed by atoms with Crippen LogP contribution in [0.2, 0.25) is 0 Å². The van der Waals surface area contributed by atoms with Crippen molar-refractivity contribution in [1.82, 2.24) is 19.6 Å². The smallest absolute Gasteiger partial charge is 0.272 e. The topological polar surface area (TPSA) is 61.7 Å². The number of nitrogens with zero attached hydrogens (tertiary/aromatic N) is 5. The van der Waals surface area contributed by atoms with E-state index in [0.29, 0.717) is 18.8 Å². The van der Waals surface area contributed by atoms with E-state index in [1.165, 1.54) is 0 Å². The van der Waals surface area contributed by atoms with Crippen LogP contribution < -0.4 is 4.90 Å². The van der Waals surface area contributed by atoms with Crippen LogP contribution in [-0.2, 0) is 11.8 Å². The fraction of sp³-hybridized carbons (Fsp3) is 0.450. The van der Waals surface area contributed by atoms with Gasteiger partial charge >= 0.3 is 0 Å². The highest BCUT2D eigenvalue weighted by atomic mass is 16.2. The molecule has 27 heavy (non-hydrogen) atoms. The summed E-state index contributed by atoms with van der Waals surface area (Å²) in [6.45, 7) is 3.50. The summed E-state index contributed by atoms with van der Waals surface area (Å²) < 4.78 is 1.61. The Morgan fingerprint density at radius 3 is 2.44 bits per heavy atom. The molecule has 142 valence electrons. The Morgan fingerprint density at radius 1 is 1.04 bits per heavy atom. The number of hydrogen-bond donors (Lipinski definition) is 0. The summed E-state index contributed by atoms with van der Waals surface area (Å²) in [4.78, 5) is 31.7. The zero-order valence-corrected chi connectivity index (χ0v) is 15.6. The molecule has 7 heteroatoms. The van der Waals surface area contributed by atoms with Gasteiger partial charge in [0.1, 0.15) is 5.69 Å². The van der Waals surface area contributed by atoms with Crippen molar-refractivity contribution in [3.63, 3.8) is 0 Å². The molecule has 1 aromatic carbocycles. The molecule has 0 N–H and O–H groups in total. The number of anilines is 1. The van der Waals surface area contributed by atoms with Crippen LogP contribution >= 0.6 is 0 Å². The average molecular weight is 367 g/mol. The number of carbonyl (C=O) groups is 2. The lowest BCUT2D eigenvalue weighted by atomic mass is 10.0. The maximum atomic E-state index is 13.1. The third-order valence-corrected chi connectivity index (χ3v) is 5.56. The van der Waals surface area contributed by atoms with E-state index in [-0.39, 0.29) is 17.9 Å². The van der Waals surface area contributed by atoms with Crippen LogP contribution in [0, 0.1) is 0 Å². The van der Waals surface area contributed by atoms with Crippen LogP contribution in [-0.4, -0.2) is 70.2 Å². The number of rotatable bonds is 3. The first-order chi connectivity index (χ1) is 13.1. The van der Waals surface area contributed by atoms with E-state index in [4.69, 9.17) is 0 Å². The molecule has 1 unspecified atom stereocenters. The molecule has 1 aromatic heterocycles. The Balaban J connectivity index is 1.40. The Morgan fingerprint density at radius 2 is 1.78 bits per heavy atom. The van der Waals surface area contributed by atoms with Crippen LogP contribution in [0.15, 0.2) is 42.6 Å². The predicted octanol–water partition coefficient (Wildman–Crippen LogP) is 1.37. The van der Waals surface area contributed by atoms with Gasteiger partial charge in [-0.1, -0.05) is 18.2 Å². The van der Waals surface area contributed by atoms with Crippen molar-refractivity contribution in [2.75, 3.05) is 37.6 Å². The highest BCUT2D eigenvalue weighted by Gasteiger charge is 2.36. The quantitative estimate of drug-likeness (QED) is 0.822. The van der Waals surface area contributed by atoms with Gasteiger partial charge in [0.25, 0.3) is 5.91 Å². The minimum atomic E-state index is -0.0899. The number of piperidine rings is 1. The first-order valence-electron chi connectivity index (χ1n) is 9.53. The fourth-order valence-electron chi connectivity index (χ4n) is 4.04. The van der Waals surface area contributed by atoms with E-state index in [2.05, 4.69) is 10.00 Å². The van der Waals surface area contributed by atoms with E-state index in [9.17, 15) is 9.59 Å². The van der Waals surface area contributed by atoms with E-state index < -0.39 is 0 Å². The van der Waals surface area contributed by atoms with Crippen molar-refractivity contribution in [2.24, 2.45) is 7.05 Å². The second kappa shape index (κ2) is 7.52. The predicted molar refractivity (Wildman–Crippen MR) is 103 cm³/mol. The van der Waals surface area contributed by atoms with Gasteiger partial charge in [0, 0.05) is 51.7 Å². The molecule has 2 aliphatic rings. The van der Waals surface area contributed by atoms with Crippen LogP contribution in [0.25, 0.3) is 0 Å². The molecular weight excluding hydrogens is 342 g/mol. The molecule has 3 heterocycles. The van der Waals surface area contributed by atoms with Gasteiger partial charge in [0.05, 0.1) is 6.04 Å². The lowest BCUT2D eigenvalue weighted by Crippen LogP contribution is -2.58. The summed E-state index contributed by atoms with van der Waals surface area (Å²) in [6, 6.07) is 11.5. The van der Waals surface area contributed by atoms with Gasteiger partial charge in [0.2, 0.25) is 5.91 Å². The number of hydrogen-bond acceptors (Lipinski definition) is 4. The Hall–Kier alpha value is -2.67. The van der Waals surface area contributed by atoms with Gasteiger partial charge in [-0.2, -0.15) is 5.10 Å². The number of piperazine rings is 1. The maximum absolute atomic E-state index is 13.1. The highest BCUT2D eigenvalue weighted by molar-refractivity contribution is 5.98. The Bertz CT molecular complexity index is 811. The van der Waals surface area contributed by atoms with Gasteiger partial charge in [-0.05, 0) is 31.0 Å². The summed E-state index contributed by atoms with van der Waals surface area (Å²) in [5, 5.41) is 4.08. The third-order valence-electron chi connectivity index (χ3n) is 5.56. The molecule has 2 aliphatic heterocycles. The molecule has 7 nitrogen and oxygen atoms in total. The third kappa shape index (κ3) is 3.47. The molecule has 0 spiro atoms. The van der Waals surface area contributed by atoms with Crippen molar-refractivity contribution < 1.29 is 9.59 Å². The minimum Gasteiger partial charge on any atom is -0.335 e. The average Bonchev–Trinajstić information content (AvgIpc) is 3.14. The van der Waals surface area contributed by atoms with E-state index in [1.807, 2.05) is 40.1 Å². The molecule has 4 rings (SSSR count). The van der Waals surface area contributed by atoms with Gasteiger partial charge in [0.15, 0.2) is 0 Å². The van der Waals surface area contributed by atoms with Crippen LogP contribution in [0.3, 0.4) is 0 Å². The number of benzene rings is 1. The molecular formula is C20H25N5O2. The largest absolute Gasteiger partial charge is 0.335 e. The molecule has 0 radical (unpaired) electrons. The number of amides is 2. The molecule has 2 saturated heterocycles. The SMILES string of the molecule is Cn1nccc1C(=O)N1CCN(C2CCCN(c3ccccc3)C2=O)CC1. The van der Waals surface area contributed by atoms with Crippen molar-refractivity contribution in [2.45, 2.75) is 18.9 Å². The molecule has 2 fully saturated rings. The molecule has 2 aromatic rings. The number of carbonyl (C=O) groups excluding carboxylic acids is 2. The molecule has 0 saturated carbocycles. The van der Waals surface area contributed by atoms with Gasteiger partial charge < -0.3 is 9.80 Å². The summed E-state index contributed by atoms with van der Waals surface area (Å²) in [5.41, 5.74) is 1.57. The van der Waals surface area contributed by atoms with Crippen molar-refractivity contribution in [3.05, 3.63) is 48.3 Å². The first kappa shape index (κ1) is 17.7. The van der Waals surface area contributed by atoms with Crippen LogP contribution in [0.4, 0.5) is 5.69 Å². The monoisotopic (exact) mass is 367 g/mol. The van der Waals surface area contributed by atoms with E-state index >= 15 is 0 Å². The first-order valence-corrected chi connectivity index (χ1v) is 9.53. The normalized spacial score (nSPS) is 21.5. The number of aryl methyl sites for hydroxylation is 1. The second-order valence-corrected chi connectivity index (χ2v) is 7.15. The summed E-state index contributed by atoms with van der Waals surface area (Å²) in [5.74, 6) is 0.189. The molecule has 0 bridgehead atoms. The van der Waals surface area contributed by atoms with Gasteiger partial charge in [-0.3, -0.25) is 19.2 Å². The lowest BCUT2D eigenvalue weighted by Gasteiger charge is -2.42. The number of aromatic nitrogens is 2. The minimum absolute atomic E-state index is 0.00975. The molecule has 2 amide bonds. The fourth-order valence-corrected chi connectivity index (χ4v) is 4.04. The van der Waals surface area contributed by atoms with E-state index in [0.717, 1.165) is 38.2 Å². The standard InChI is InChI=1S/C20H25N5O2/c1-22-17(9-10-21-22)19(26)24-14-12-23(13-15-24)18-8-5-11-25(20(18)27)16-6-3-2-4-7-16/h2-4,6-7,9-10,18H,5,8,11-15H2,1H3. The van der Waals surface area contributed by atoms with Crippen LogP contribution in [0.5, 0.6) is 0 Å². The summed E-state index contributed by atoms with van der Waals surface area (Å²) in [6.07, 6.45) is 3.53. The lowest BCUT2D eigenvalue weighted by molar-refractivity contribution is -0.126.